The van der Waals surface area contributed by atoms with Crippen molar-refractivity contribution in [3.8, 4) is 0 Å². The first kappa shape index (κ1) is 19.4. The van der Waals surface area contributed by atoms with Crippen LogP contribution in [-0.2, 0) is 10.0 Å². The van der Waals surface area contributed by atoms with E-state index in [1.165, 1.54) is 16.6 Å². The van der Waals surface area contributed by atoms with Crippen LogP contribution in [0.5, 0.6) is 0 Å². The molecule has 1 aromatic heterocycles. The normalized spacial score (nSPS) is 16.6. The van der Waals surface area contributed by atoms with E-state index in [4.69, 9.17) is 23.2 Å². The fourth-order valence-corrected chi connectivity index (χ4v) is 4.96. The van der Waals surface area contributed by atoms with E-state index in [1.54, 1.807) is 24.3 Å². The summed E-state index contributed by atoms with van der Waals surface area (Å²) in [7, 11) is -3.48. The van der Waals surface area contributed by atoms with Gasteiger partial charge in [-0.05, 0) is 37.1 Å². The van der Waals surface area contributed by atoms with Gasteiger partial charge in [0.05, 0.1) is 6.10 Å². The third-order valence-corrected chi connectivity index (χ3v) is 6.79. The molecule has 1 saturated heterocycles. The van der Waals surface area contributed by atoms with Crippen molar-refractivity contribution >= 4 is 39.0 Å². The first-order valence-electron chi connectivity index (χ1n) is 8.21. The summed E-state index contributed by atoms with van der Waals surface area (Å²) in [5.74, 6) is 0.451. The summed E-state index contributed by atoms with van der Waals surface area (Å²) in [6.07, 6.45) is 2.17. The number of sulfonamides is 1. The number of aliphatic hydroxyl groups is 1. The number of anilines is 1. The van der Waals surface area contributed by atoms with E-state index in [9.17, 15) is 13.5 Å². The number of aromatic nitrogens is 1. The summed E-state index contributed by atoms with van der Waals surface area (Å²) in [5.41, 5.74) is 0.441. The molecule has 1 aliphatic heterocycles. The maximum atomic E-state index is 12.5. The standard InChI is InChI=1S/C17H19Cl2N3O3S/c18-13-4-3-5-14(19)17(13)15(23)11-21-16-7-6-12(10-20-16)26(24,25)22-8-1-2-9-22/h3-7,10,15,23H,1-2,8-9,11H2,(H,20,21). The molecule has 2 N–H and O–H groups in total. The number of rotatable bonds is 6. The van der Waals surface area contributed by atoms with Crippen LogP contribution in [0.3, 0.4) is 0 Å². The van der Waals surface area contributed by atoms with Crippen molar-refractivity contribution < 1.29 is 13.5 Å². The Kier molecular flexibility index (Phi) is 6.04. The van der Waals surface area contributed by atoms with Crippen molar-refractivity contribution in [3.05, 3.63) is 52.1 Å². The topological polar surface area (TPSA) is 82.5 Å². The van der Waals surface area contributed by atoms with Crippen molar-refractivity contribution in [2.45, 2.75) is 23.8 Å². The summed E-state index contributed by atoms with van der Waals surface area (Å²) >= 11 is 12.2. The zero-order valence-corrected chi connectivity index (χ0v) is 16.2. The second-order valence-electron chi connectivity index (χ2n) is 6.02. The molecule has 0 bridgehead atoms. The highest BCUT2D eigenvalue weighted by atomic mass is 35.5. The van der Waals surface area contributed by atoms with E-state index in [1.807, 2.05) is 0 Å². The van der Waals surface area contributed by atoms with Crippen molar-refractivity contribution in [2.75, 3.05) is 25.0 Å². The van der Waals surface area contributed by atoms with E-state index >= 15 is 0 Å². The largest absolute Gasteiger partial charge is 0.386 e. The van der Waals surface area contributed by atoms with Gasteiger partial charge in [0.15, 0.2) is 0 Å². The Labute approximate surface area is 162 Å². The van der Waals surface area contributed by atoms with Gasteiger partial charge in [0.1, 0.15) is 10.7 Å². The molecule has 0 amide bonds. The molecule has 0 saturated carbocycles. The molecule has 1 aromatic carbocycles. The van der Waals surface area contributed by atoms with Crippen LogP contribution in [0.2, 0.25) is 10.0 Å². The van der Waals surface area contributed by atoms with E-state index < -0.39 is 16.1 Å². The number of aliphatic hydroxyl groups excluding tert-OH is 1. The Hall–Kier alpha value is -1.38. The van der Waals surface area contributed by atoms with Gasteiger partial charge in [-0.3, -0.25) is 0 Å². The van der Waals surface area contributed by atoms with Crippen LogP contribution in [-0.4, -0.2) is 42.4 Å². The van der Waals surface area contributed by atoms with E-state index in [0.717, 1.165) is 12.8 Å². The van der Waals surface area contributed by atoms with Gasteiger partial charge < -0.3 is 10.4 Å². The zero-order chi connectivity index (χ0) is 18.7. The number of pyridine rings is 1. The van der Waals surface area contributed by atoms with Gasteiger partial charge in [-0.15, -0.1) is 0 Å². The second kappa shape index (κ2) is 8.10. The summed E-state index contributed by atoms with van der Waals surface area (Å²) in [4.78, 5) is 4.30. The van der Waals surface area contributed by atoms with E-state index in [2.05, 4.69) is 10.3 Å². The average molecular weight is 416 g/mol. The van der Waals surface area contributed by atoms with Crippen LogP contribution < -0.4 is 5.32 Å². The van der Waals surface area contributed by atoms with Gasteiger partial charge in [0.25, 0.3) is 0 Å². The molecule has 1 aliphatic rings. The Morgan fingerprint density at radius 3 is 2.38 bits per heavy atom. The minimum atomic E-state index is -3.48. The van der Waals surface area contributed by atoms with Crippen molar-refractivity contribution in [1.82, 2.24) is 9.29 Å². The smallest absolute Gasteiger partial charge is 0.244 e. The quantitative estimate of drug-likeness (QED) is 0.755. The van der Waals surface area contributed by atoms with Crippen molar-refractivity contribution in [1.29, 1.82) is 0 Å². The molecule has 3 rings (SSSR count). The first-order valence-corrected chi connectivity index (χ1v) is 10.4. The predicted molar refractivity (Wildman–Crippen MR) is 102 cm³/mol. The predicted octanol–water partition coefficient (Wildman–Crippen LogP) is 3.32. The van der Waals surface area contributed by atoms with Crippen LogP contribution in [0.4, 0.5) is 5.82 Å². The maximum Gasteiger partial charge on any atom is 0.244 e. The molecule has 0 radical (unpaired) electrons. The molecule has 1 fully saturated rings. The van der Waals surface area contributed by atoms with E-state index in [-0.39, 0.29) is 11.4 Å². The number of hydrogen-bond donors (Lipinski definition) is 2. The minimum Gasteiger partial charge on any atom is -0.386 e. The molecule has 2 aromatic rings. The summed E-state index contributed by atoms with van der Waals surface area (Å²) < 4.78 is 26.4. The molecule has 140 valence electrons. The third kappa shape index (κ3) is 4.13. The highest BCUT2D eigenvalue weighted by Crippen LogP contribution is 2.30. The summed E-state index contributed by atoms with van der Waals surface area (Å²) in [6, 6.07) is 8.10. The Morgan fingerprint density at radius 2 is 1.81 bits per heavy atom. The van der Waals surface area contributed by atoms with E-state index in [0.29, 0.717) is 34.5 Å². The van der Waals surface area contributed by atoms with Crippen LogP contribution in [0.15, 0.2) is 41.4 Å². The zero-order valence-electron chi connectivity index (χ0n) is 13.9. The van der Waals surface area contributed by atoms with Gasteiger partial charge >= 0.3 is 0 Å². The second-order valence-corrected chi connectivity index (χ2v) is 8.77. The number of benzene rings is 1. The SMILES string of the molecule is O=S(=O)(c1ccc(NCC(O)c2c(Cl)cccc2Cl)nc1)N1CCCC1. The van der Waals surface area contributed by atoms with Crippen LogP contribution in [0, 0.1) is 0 Å². The highest BCUT2D eigenvalue weighted by molar-refractivity contribution is 7.89. The van der Waals surface area contributed by atoms with Crippen molar-refractivity contribution in [2.24, 2.45) is 0 Å². The van der Waals surface area contributed by atoms with Gasteiger partial charge in [-0.2, -0.15) is 4.31 Å². The Morgan fingerprint density at radius 1 is 1.15 bits per heavy atom. The molecular weight excluding hydrogens is 397 g/mol. The lowest BCUT2D eigenvalue weighted by molar-refractivity contribution is 0.191. The molecule has 0 spiro atoms. The maximum absolute atomic E-state index is 12.5. The fourth-order valence-electron chi connectivity index (χ4n) is 2.85. The van der Waals surface area contributed by atoms with Gasteiger partial charge in [-0.25, -0.2) is 13.4 Å². The fraction of sp³-hybridized carbons (Fsp3) is 0.353. The lowest BCUT2D eigenvalue weighted by atomic mass is 10.1. The minimum absolute atomic E-state index is 0.134. The molecule has 26 heavy (non-hydrogen) atoms. The molecule has 2 heterocycles. The lowest BCUT2D eigenvalue weighted by Crippen LogP contribution is -2.28. The molecule has 6 nitrogen and oxygen atoms in total. The summed E-state index contributed by atoms with van der Waals surface area (Å²) in [6.45, 7) is 1.23. The molecule has 0 aliphatic carbocycles. The highest BCUT2D eigenvalue weighted by Gasteiger charge is 2.27. The summed E-state index contributed by atoms with van der Waals surface area (Å²) in [5, 5.41) is 14.0. The number of halogens is 2. The van der Waals surface area contributed by atoms with Crippen LogP contribution in [0.25, 0.3) is 0 Å². The Balaban J connectivity index is 1.66. The number of nitrogens with zero attached hydrogens (tertiary/aromatic N) is 2. The van der Waals surface area contributed by atoms with Crippen molar-refractivity contribution in [3.63, 3.8) is 0 Å². The monoisotopic (exact) mass is 415 g/mol. The molecule has 1 atom stereocenters. The molecule has 9 heteroatoms. The first-order chi connectivity index (χ1) is 12.4. The van der Waals surface area contributed by atoms with Gasteiger partial charge in [0, 0.05) is 41.4 Å². The Bertz CT molecular complexity index is 849. The van der Waals surface area contributed by atoms with Gasteiger partial charge in [0.2, 0.25) is 10.0 Å². The molecule has 1 unspecified atom stereocenters. The average Bonchev–Trinajstić information content (AvgIpc) is 3.16. The number of hydrogen-bond acceptors (Lipinski definition) is 5. The third-order valence-electron chi connectivity index (χ3n) is 4.25. The van der Waals surface area contributed by atoms with Crippen LogP contribution in [0.1, 0.15) is 24.5 Å². The lowest BCUT2D eigenvalue weighted by Gasteiger charge is -2.17. The van der Waals surface area contributed by atoms with Crippen LogP contribution >= 0.6 is 23.2 Å². The molecular formula is C17H19Cl2N3O3S. The van der Waals surface area contributed by atoms with Gasteiger partial charge in [-0.1, -0.05) is 29.3 Å². The number of nitrogens with one attached hydrogen (secondary N) is 1.